The molecule has 2 rings (SSSR count). The second kappa shape index (κ2) is 6.58. The second-order valence-electron chi connectivity index (χ2n) is 5.33. The summed E-state index contributed by atoms with van der Waals surface area (Å²) in [5.41, 5.74) is 6.98. The third-order valence-electron chi connectivity index (χ3n) is 3.34. The van der Waals surface area contributed by atoms with Gasteiger partial charge in [-0.15, -0.1) is 0 Å². The van der Waals surface area contributed by atoms with Gasteiger partial charge in [0.25, 0.3) is 0 Å². The van der Waals surface area contributed by atoms with Gasteiger partial charge in [0.15, 0.2) is 0 Å². The molecule has 2 nitrogen and oxygen atoms in total. The molecule has 0 aliphatic heterocycles. The molecule has 0 bridgehead atoms. The summed E-state index contributed by atoms with van der Waals surface area (Å²) in [7, 11) is 0. The van der Waals surface area contributed by atoms with E-state index in [0.29, 0.717) is 12.5 Å². The number of hydrogen-bond acceptors (Lipinski definition) is 2. The fourth-order valence-electron chi connectivity index (χ4n) is 2.26. The molecule has 0 saturated heterocycles. The van der Waals surface area contributed by atoms with Gasteiger partial charge in [0.1, 0.15) is 5.75 Å². The van der Waals surface area contributed by atoms with Crippen LogP contribution in [0.25, 0.3) is 10.8 Å². The monoisotopic (exact) mass is 257 g/mol. The van der Waals surface area contributed by atoms with Gasteiger partial charge in [-0.2, -0.15) is 0 Å². The molecule has 0 heterocycles. The standard InChI is InChI=1S/C17H23NO/c1-13(2)10-12-19-17-8-7-14-5-3-4-6-15(14)16(17)9-11-18/h3-8,13H,9-12,18H2,1-2H3. The highest BCUT2D eigenvalue weighted by Gasteiger charge is 2.08. The number of ether oxygens (including phenoxy) is 1. The zero-order chi connectivity index (χ0) is 13.7. The van der Waals surface area contributed by atoms with Gasteiger partial charge in [-0.1, -0.05) is 44.2 Å². The van der Waals surface area contributed by atoms with Crippen molar-refractivity contribution in [2.45, 2.75) is 26.7 Å². The van der Waals surface area contributed by atoms with Crippen LogP contribution in [-0.2, 0) is 6.42 Å². The summed E-state index contributed by atoms with van der Waals surface area (Å²) < 4.78 is 5.95. The van der Waals surface area contributed by atoms with Crippen molar-refractivity contribution in [2.24, 2.45) is 11.7 Å². The first-order valence-corrected chi connectivity index (χ1v) is 7.06. The Morgan fingerprint density at radius 3 is 2.63 bits per heavy atom. The maximum Gasteiger partial charge on any atom is 0.123 e. The minimum Gasteiger partial charge on any atom is -0.493 e. The summed E-state index contributed by atoms with van der Waals surface area (Å²) >= 11 is 0. The molecule has 0 amide bonds. The molecule has 19 heavy (non-hydrogen) atoms. The lowest BCUT2D eigenvalue weighted by Crippen LogP contribution is -2.07. The zero-order valence-corrected chi connectivity index (χ0v) is 11.9. The SMILES string of the molecule is CC(C)CCOc1ccc2ccccc2c1CCN. The molecule has 0 radical (unpaired) electrons. The lowest BCUT2D eigenvalue weighted by Gasteiger charge is -2.14. The summed E-state index contributed by atoms with van der Waals surface area (Å²) in [6.45, 7) is 5.84. The predicted molar refractivity (Wildman–Crippen MR) is 81.7 cm³/mol. The van der Waals surface area contributed by atoms with Gasteiger partial charge in [-0.3, -0.25) is 0 Å². The van der Waals surface area contributed by atoms with E-state index in [4.69, 9.17) is 10.5 Å². The Morgan fingerprint density at radius 2 is 1.89 bits per heavy atom. The minimum atomic E-state index is 0.647. The highest BCUT2D eigenvalue weighted by atomic mass is 16.5. The number of hydrogen-bond donors (Lipinski definition) is 1. The van der Waals surface area contributed by atoms with Crippen LogP contribution in [0.15, 0.2) is 36.4 Å². The molecule has 0 atom stereocenters. The zero-order valence-electron chi connectivity index (χ0n) is 11.9. The smallest absolute Gasteiger partial charge is 0.123 e. The van der Waals surface area contributed by atoms with Crippen molar-refractivity contribution in [3.63, 3.8) is 0 Å². The van der Waals surface area contributed by atoms with Crippen LogP contribution in [0.2, 0.25) is 0 Å². The molecule has 102 valence electrons. The van der Waals surface area contributed by atoms with Crippen LogP contribution in [0.5, 0.6) is 5.75 Å². The summed E-state index contributed by atoms with van der Waals surface area (Å²) in [5, 5.41) is 2.51. The molecule has 0 aliphatic carbocycles. The average Bonchev–Trinajstić information content (AvgIpc) is 2.41. The van der Waals surface area contributed by atoms with Crippen molar-refractivity contribution in [2.75, 3.05) is 13.2 Å². The first-order valence-electron chi connectivity index (χ1n) is 7.06. The Labute approximate surface area is 115 Å². The van der Waals surface area contributed by atoms with Crippen LogP contribution in [0.4, 0.5) is 0 Å². The van der Waals surface area contributed by atoms with E-state index in [0.717, 1.165) is 25.2 Å². The molecular weight excluding hydrogens is 234 g/mol. The number of benzene rings is 2. The molecule has 0 fully saturated rings. The first kappa shape index (κ1) is 13.9. The van der Waals surface area contributed by atoms with Gasteiger partial charge in [-0.05, 0) is 42.1 Å². The molecule has 2 aromatic carbocycles. The van der Waals surface area contributed by atoms with Crippen molar-refractivity contribution < 1.29 is 4.74 Å². The van der Waals surface area contributed by atoms with Gasteiger partial charge < -0.3 is 10.5 Å². The molecule has 2 N–H and O–H groups in total. The van der Waals surface area contributed by atoms with Crippen molar-refractivity contribution in [1.82, 2.24) is 0 Å². The predicted octanol–water partition coefficient (Wildman–Crippen LogP) is 3.77. The molecule has 0 aliphatic rings. The van der Waals surface area contributed by atoms with Gasteiger partial charge >= 0.3 is 0 Å². The van der Waals surface area contributed by atoms with Crippen molar-refractivity contribution in [1.29, 1.82) is 0 Å². The van der Waals surface area contributed by atoms with Crippen LogP contribution in [-0.4, -0.2) is 13.2 Å². The van der Waals surface area contributed by atoms with Crippen LogP contribution >= 0.6 is 0 Å². The molecule has 0 saturated carbocycles. The largest absolute Gasteiger partial charge is 0.493 e. The molecule has 0 unspecified atom stereocenters. The normalized spacial score (nSPS) is 11.2. The van der Waals surface area contributed by atoms with Gasteiger partial charge in [0, 0.05) is 5.56 Å². The average molecular weight is 257 g/mol. The van der Waals surface area contributed by atoms with E-state index in [1.807, 2.05) is 0 Å². The van der Waals surface area contributed by atoms with Crippen molar-refractivity contribution in [3.8, 4) is 5.75 Å². The Morgan fingerprint density at radius 1 is 1.11 bits per heavy atom. The van der Waals surface area contributed by atoms with Crippen molar-refractivity contribution in [3.05, 3.63) is 42.0 Å². The summed E-state index contributed by atoms with van der Waals surface area (Å²) in [5.74, 6) is 1.66. The fraction of sp³-hybridized carbons (Fsp3) is 0.412. The van der Waals surface area contributed by atoms with Gasteiger partial charge in [0.2, 0.25) is 0 Å². The fourth-order valence-corrected chi connectivity index (χ4v) is 2.26. The van der Waals surface area contributed by atoms with E-state index in [1.54, 1.807) is 0 Å². The second-order valence-corrected chi connectivity index (χ2v) is 5.33. The number of nitrogens with two attached hydrogens (primary N) is 1. The summed E-state index contributed by atoms with van der Waals surface area (Å²) in [6, 6.07) is 12.6. The molecule has 2 heteroatoms. The highest BCUT2D eigenvalue weighted by molar-refractivity contribution is 5.87. The molecule has 2 aromatic rings. The van der Waals surface area contributed by atoms with Gasteiger partial charge in [0.05, 0.1) is 6.61 Å². The number of fused-ring (bicyclic) bond motifs is 1. The highest BCUT2D eigenvalue weighted by Crippen LogP contribution is 2.28. The Kier molecular flexibility index (Phi) is 4.80. The maximum atomic E-state index is 5.95. The Bertz CT molecular complexity index is 534. The lowest BCUT2D eigenvalue weighted by molar-refractivity contribution is 0.287. The molecular formula is C17H23NO. The third kappa shape index (κ3) is 3.48. The first-order chi connectivity index (χ1) is 9.22. The summed E-state index contributed by atoms with van der Waals surface area (Å²) in [6.07, 6.45) is 1.94. The lowest BCUT2D eigenvalue weighted by atomic mass is 10.0. The minimum absolute atomic E-state index is 0.647. The van der Waals surface area contributed by atoms with Crippen LogP contribution in [0.3, 0.4) is 0 Å². The number of rotatable bonds is 6. The van der Waals surface area contributed by atoms with E-state index >= 15 is 0 Å². The van der Waals surface area contributed by atoms with E-state index in [9.17, 15) is 0 Å². The maximum absolute atomic E-state index is 5.95. The Balaban J connectivity index is 2.29. The van der Waals surface area contributed by atoms with Crippen molar-refractivity contribution >= 4 is 10.8 Å². The van der Waals surface area contributed by atoms with E-state index in [2.05, 4.69) is 50.2 Å². The topological polar surface area (TPSA) is 35.2 Å². The van der Waals surface area contributed by atoms with E-state index < -0.39 is 0 Å². The molecule has 0 spiro atoms. The van der Waals surface area contributed by atoms with Crippen LogP contribution in [0.1, 0.15) is 25.8 Å². The van der Waals surface area contributed by atoms with E-state index in [1.165, 1.54) is 16.3 Å². The quantitative estimate of drug-likeness (QED) is 0.855. The van der Waals surface area contributed by atoms with Crippen LogP contribution < -0.4 is 10.5 Å². The third-order valence-corrected chi connectivity index (χ3v) is 3.34. The van der Waals surface area contributed by atoms with Gasteiger partial charge in [-0.25, -0.2) is 0 Å². The molecule has 0 aromatic heterocycles. The van der Waals surface area contributed by atoms with Crippen LogP contribution in [0, 0.1) is 5.92 Å². The summed E-state index contributed by atoms with van der Waals surface area (Å²) in [4.78, 5) is 0. The Hall–Kier alpha value is -1.54. The van der Waals surface area contributed by atoms with E-state index in [-0.39, 0.29) is 0 Å².